The molecule has 1 unspecified atom stereocenters. The van der Waals surface area contributed by atoms with Gasteiger partial charge in [-0.05, 0) is 56.3 Å². The van der Waals surface area contributed by atoms with E-state index in [2.05, 4.69) is 0 Å². The Bertz CT molecular complexity index is 396. The third kappa shape index (κ3) is 1.91. The van der Waals surface area contributed by atoms with Gasteiger partial charge in [0.1, 0.15) is 0 Å². The number of aliphatic hydroxyl groups is 1. The summed E-state index contributed by atoms with van der Waals surface area (Å²) in [6, 6.07) is 0. The van der Waals surface area contributed by atoms with Crippen LogP contribution in [0.4, 0.5) is 0 Å². The first-order valence-corrected chi connectivity index (χ1v) is 8.70. The van der Waals surface area contributed by atoms with Crippen molar-refractivity contribution in [3.8, 4) is 0 Å². The van der Waals surface area contributed by atoms with Crippen LogP contribution in [0.5, 0.6) is 0 Å². The molecule has 3 N–H and O–H groups in total. The molecule has 0 aromatic carbocycles. The highest BCUT2D eigenvalue weighted by Gasteiger charge is 2.57. The van der Waals surface area contributed by atoms with Gasteiger partial charge in [0.05, 0.1) is 16.6 Å². The van der Waals surface area contributed by atoms with Crippen LogP contribution in [0.2, 0.25) is 0 Å². The summed E-state index contributed by atoms with van der Waals surface area (Å²) < 4.78 is 24.8. The highest BCUT2D eigenvalue weighted by molar-refractivity contribution is 7.92. The van der Waals surface area contributed by atoms with Crippen LogP contribution < -0.4 is 5.73 Å². The fourth-order valence-corrected chi connectivity index (χ4v) is 7.38. The minimum Gasteiger partial charge on any atom is -0.391 e. The molecule has 4 rings (SSSR count). The summed E-state index contributed by atoms with van der Waals surface area (Å²) in [4.78, 5) is 0. The Hall–Kier alpha value is -0.130. The lowest BCUT2D eigenvalue weighted by Gasteiger charge is -2.56. The van der Waals surface area contributed by atoms with Crippen molar-refractivity contribution in [3.63, 3.8) is 0 Å². The molecule has 4 saturated carbocycles. The van der Waals surface area contributed by atoms with Crippen molar-refractivity contribution >= 4 is 9.84 Å². The van der Waals surface area contributed by atoms with Crippen molar-refractivity contribution in [1.82, 2.24) is 0 Å². The van der Waals surface area contributed by atoms with Gasteiger partial charge in [-0.25, -0.2) is 8.42 Å². The Kier molecular flexibility index (Phi) is 2.99. The normalized spacial score (nSPS) is 44.2. The lowest BCUT2D eigenvalue weighted by molar-refractivity contribution is 0.0334. The first-order chi connectivity index (χ1) is 8.44. The fourth-order valence-electron chi connectivity index (χ4n) is 4.91. The second-order valence-corrected chi connectivity index (χ2v) is 9.20. The second kappa shape index (κ2) is 4.18. The number of sulfone groups is 1. The molecule has 104 valence electrons. The van der Waals surface area contributed by atoms with E-state index in [-0.39, 0.29) is 12.3 Å². The van der Waals surface area contributed by atoms with Crippen molar-refractivity contribution in [3.05, 3.63) is 0 Å². The predicted octanol–water partition coefficient (Wildman–Crippen LogP) is 0.690. The molecule has 0 spiro atoms. The Morgan fingerprint density at radius 1 is 1.11 bits per heavy atom. The summed E-state index contributed by atoms with van der Waals surface area (Å²) in [7, 11) is -3.22. The molecular formula is C13H23NO3S. The number of rotatable bonds is 4. The summed E-state index contributed by atoms with van der Waals surface area (Å²) in [5.74, 6) is 1.69. The van der Waals surface area contributed by atoms with Crippen LogP contribution in [0.25, 0.3) is 0 Å². The maximum absolute atomic E-state index is 12.6. The average molecular weight is 273 g/mol. The van der Waals surface area contributed by atoms with Crippen LogP contribution in [0, 0.1) is 17.8 Å². The van der Waals surface area contributed by atoms with E-state index < -0.39 is 20.7 Å². The Balaban J connectivity index is 1.86. The third-order valence-electron chi connectivity index (χ3n) is 5.33. The van der Waals surface area contributed by atoms with E-state index in [1.165, 1.54) is 19.3 Å². The molecule has 1 atom stereocenters. The van der Waals surface area contributed by atoms with Gasteiger partial charge in [0.15, 0.2) is 9.84 Å². The Morgan fingerprint density at radius 3 is 1.94 bits per heavy atom. The molecule has 4 aliphatic carbocycles. The first kappa shape index (κ1) is 12.9. The van der Waals surface area contributed by atoms with Gasteiger partial charge in [-0.3, -0.25) is 0 Å². The van der Waals surface area contributed by atoms with Crippen LogP contribution in [0.1, 0.15) is 38.5 Å². The Labute approximate surface area is 109 Å². The summed E-state index contributed by atoms with van der Waals surface area (Å²) in [5, 5.41) is 9.59. The molecule has 4 aliphatic rings. The van der Waals surface area contributed by atoms with E-state index in [4.69, 9.17) is 5.73 Å². The molecule has 4 bridgehead atoms. The van der Waals surface area contributed by atoms with E-state index in [0.29, 0.717) is 17.8 Å². The summed E-state index contributed by atoms with van der Waals surface area (Å²) in [6.45, 7) is 0.0333. The quantitative estimate of drug-likeness (QED) is 0.789. The number of nitrogens with two attached hydrogens (primary N) is 1. The van der Waals surface area contributed by atoms with Crippen molar-refractivity contribution in [2.45, 2.75) is 49.4 Å². The molecule has 18 heavy (non-hydrogen) atoms. The molecule has 4 fully saturated rings. The van der Waals surface area contributed by atoms with Gasteiger partial charge < -0.3 is 10.8 Å². The predicted molar refractivity (Wildman–Crippen MR) is 69.8 cm³/mol. The van der Waals surface area contributed by atoms with E-state index in [0.717, 1.165) is 19.3 Å². The number of aliphatic hydroxyl groups excluding tert-OH is 1. The van der Waals surface area contributed by atoms with Crippen molar-refractivity contribution in [2.75, 3.05) is 12.3 Å². The smallest absolute Gasteiger partial charge is 0.158 e. The highest BCUT2D eigenvalue weighted by atomic mass is 32.2. The first-order valence-electron chi connectivity index (χ1n) is 7.04. The number of hydrogen-bond acceptors (Lipinski definition) is 4. The lowest BCUT2D eigenvalue weighted by Crippen LogP contribution is -2.56. The monoisotopic (exact) mass is 273 g/mol. The molecule has 0 saturated heterocycles. The molecule has 4 nitrogen and oxygen atoms in total. The zero-order chi connectivity index (χ0) is 13.0. The van der Waals surface area contributed by atoms with Crippen molar-refractivity contribution < 1.29 is 13.5 Å². The van der Waals surface area contributed by atoms with Crippen LogP contribution in [-0.2, 0) is 9.84 Å². The van der Waals surface area contributed by atoms with E-state index in [1.807, 2.05) is 0 Å². The van der Waals surface area contributed by atoms with Crippen LogP contribution in [0.15, 0.2) is 0 Å². The lowest BCUT2D eigenvalue weighted by atomic mass is 9.56. The third-order valence-corrected chi connectivity index (χ3v) is 7.97. The van der Waals surface area contributed by atoms with E-state index in [1.54, 1.807) is 0 Å². The fraction of sp³-hybridized carbons (Fsp3) is 1.00. The zero-order valence-electron chi connectivity index (χ0n) is 10.7. The number of hydrogen-bond donors (Lipinski definition) is 2. The molecular weight excluding hydrogens is 250 g/mol. The molecule has 0 aromatic heterocycles. The van der Waals surface area contributed by atoms with Crippen LogP contribution in [-0.4, -0.2) is 36.7 Å². The Morgan fingerprint density at radius 2 is 1.56 bits per heavy atom. The minimum absolute atomic E-state index is 0.0333. The van der Waals surface area contributed by atoms with Gasteiger partial charge in [-0.1, -0.05) is 0 Å². The van der Waals surface area contributed by atoms with Crippen molar-refractivity contribution in [2.24, 2.45) is 23.5 Å². The van der Waals surface area contributed by atoms with Gasteiger partial charge in [-0.15, -0.1) is 0 Å². The van der Waals surface area contributed by atoms with Gasteiger partial charge in [0.2, 0.25) is 0 Å². The maximum atomic E-state index is 12.6. The molecule has 0 aromatic rings. The molecule has 0 aliphatic heterocycles. The minimum atomic E-state index is -3.22. The van der Waals surface area contributed by atoms with Crippen molar-refractivity contribution in [1.29, 1.82) is 0 Å². The second-order valence-electron chi connectivity index (χ2n) is 6.77. The largest absolute Gasteiger partial charge is 0.391 e. The molecule has 0 heterocycles. The van der Waals surface area contributed by atoms with Gasteiger partial charge in [0.25, 0.3) is 0 Å². The summed E-state index contributed by atoms with van der Waals surface area (Å²) >= 11 is 0. The zero-order valence-corrected chi connectivity index (χ0v) is 11.5. The van der Waals surface area contributed by atoms with Crippen LogP contribution in [0.3, 0.4) is 0 Å². The maximum Gasteiger partial charge on any atom is 0.158 e. The van der Waals surface area contributed by atoms with Crippen LogP contribution >= 0.6 is 0 Å². The topological polar surface area (TPSA) is 80.4 Å². The molecule has 5 heteroatoms. The van der Waals surface area contributed by atoms with Gasteiger partial charge in [0, 0.05) is 6.54 Å². The van der Waals surface area contributed by atoms with Gasteiger partial charge >= 0.3 is 0 Å². The van der Waals surface area contributed by atoms with Gasteiger partial charge in [-0.2, -0.15) is 0 Å². The highest BCUT2D eigenvalue weighted by Crippen LogP contribution is 2.58. The molecule has 0 radical (unpaired) electrons. The van der Waals surface area contributed by atoms with E-state index in [9.17, 15) is 13.5 Å². The summed E-state index contributed by atoms with van der Waals surface area (Å²) in [5.41, 5.74) is 5.36. The summed E-state index contributed by atoms with van der Waals surface area (Å²) in [6.07, 6.45) is 5.29. The standard InChI is InChI=1S/C13H23NO3S/c14-7-12(15)8-18(16,17)13-4-9-1-10(5-13)3-11(2-9)6-13/h9-12,15H,1-8,14H2. The van der Waals surface area contributed by atoms with E-state index >= 15 is 0 Å². The molecule has 0 amide bonds. The average Bonchev–Trinajstić information content (AvgIpc) is 2.26. The SMILES string of the molecule is NCC(O)CS(=O)(=O)C12CC3CC(CC(C3)C1)C2.